The molecule has 2 N–H and O–H groups in total. The van der Waals surface area contributed by atoms with E-state index < -0.39 is 22.9 Å². The van der Waals surface area contributed by atoms with E-state index in [2.05, 4.69) is 101 Å². The number of carbonyl (C=O) groups excluding carboxylic acids is 2. The lowest BCUT2D eigenvalue weighted by atomic mass is 9.76. The van der Waals surface area contributed by atoms with Gasteiger partial charge in [-0.15, -0.1) is 0 Å². The number of primary amides is 1. The van der Waals surface area contributed by atoms with Gasteiger partial charge in [0.25, 0.3) is 0 Å². The van der Waals surface area contributed by atoms with Crippen LogP contribution in [0.1, 0.15) is 43.4 Å². The minimum Gasteiger partial charge on any atom is -0.368 e. The second kappa shape index (κ2) is 10.5. The first kappa shape index (κ1) is 26.7. The third-order valence-electron chi connectivity index (χ3n) is 9.43. The summed E-state index contributed by atoms with van der Waals surface area (Å²) in [7, 11) is 0. The normalized spacial score (nSPS) is 25.6. The van der Waals surface area contributed by atoms with Crippen LogP contribution in [0.5, 0.6) is 0 Å². The van der Waals surface area contributed by atoms with E-state index in [9.17, 15) is 9.59 Å². The highest BCUT2D eigenvalue weighted by Gasteiger charge is 2.56. The van der Waals surface area contributed by atoms with Crippen LogP contribution in [0.15, 0.2) is 91.0 Å². The molecule has 6 rings (SSSR count). The Kier molecular flexibility index (Phi) is 7.01. The second-order valence-corrected chi connectivity index (χ2v) is 12.2. The van der Waals surface area contributed by atoms with Crippen molar-refractivity contribution in [2.75, 3.05) is 32.7 Å². The molecule has 3 aliphatic rings. The Labute approximate surface area is 237 Å². The molecule has 40 heavy (non-hydrogen) atoms. The number of carbonyl (C=O) groups is 2. The summed E-state index contributed by atoms with van der Waals surface area (Å²) in [5, 5.41) is 0. The lowest BCUT2D eigenvalue weighted by Crippen LogP contribution is -2.50. The fourth-order valence-corrected chi connectivity index (χ4v) is 7.53. The van der Waals surface area contributed by atoms with E-state index in [1.165, 1.54) is 16.7 Å². The van der Waals surface area contributed by atoms with Crippen LogP contribution in [0, 0.1) is 11.3 Å². The molecule has 0 aromatic heterocycles. The van der Waals surface area contributed by atoms with Gasteiger partial charge in [-0.25, -0.2) is 0 Å². The molecule has 3 saturated heterocycles. The summed E-state index contributed by atoms with van der Waals surface area (Å²) < 4.78 is 0. The van der Waals surface area contributed by atoms with Gasteiger partial charge in [-0.3, -0.25) is 14.5 Å². The molecule has 3 heterocycles. The number of likely N-dealkylation sites (tertiary alicyclic amines) is 2. The summed E-state index contributed by atoms with van der Waals surface area (Å²) >= 11 is 0. The Balaban J connectivity index is 1.26. The van der Waals surface area contributed by atoms with Crippen LogP contribution < -0.4 is 5.73 Å². The highest BCUT2D eigenvalue weighted by Crippen LogP contribution is 2.49. The van der Waals surface area contributed by atoms with Gasteiger partial charge in [-0.1, -0.05) is 105 Å². The molecule has 208 valence electrons. The van der Waals surface area contributed by atoms with Crippen LogP contribution in [-0.4, -0.2) is 71.3 Å². The zero-order valence-corrected chi connectivity index (χ0v) is 23.6. The van der Waals surface area contributed by atoms with Crippen LogP contribution in [0.25, 0.3) is 0 Å². The molecule has 0 aliphatic carbocycles. The maximum atomic E-state index is 13.7. The van der Waals surface area contributed by atoms with Gasteiger partial charge in [0.2, 0.25) is 11.8 Å². The molecule has 0 radical (unpaired) electrons. The van der Waals surface area contributed by atoms with Gasteiger partial charge in [0.05, 0.1) is 11.0 Å². The maximum absolute atomic E-state index is 13.7. The molecule has 3 fully saturated rings. The summed E-state index contributed by atoms with van der Waals surface area (Å²) in [6.07, 6.45) is 1.65. The quantitative estimate of drug-likeness (QED) is 0.330. The summed E-state index contributed by atoms with van der Waals surface area (Å²) in [5.74, 6) is -0.272. The number of hydrogen-bond acceptors (Lipinski definition) is 4. The van der Waals surface area contributed by atoms with E-state index in [1.807, 2.05) is 13.8 Å². The van der Waals surface area contributed by atoms with Crippen molar-refractivity contribution in [2.24, 2.45) is 17.1 Å². The summed E-state index contributed by atoms with van der Waals surface area (Å²) in [4.78, 5) is 32.8. The molecule has 0 bridgehead atoms. The highest BCUT2D eigenvalue weighted by atomic mass is 16.2. The number of amides is 2. The Hall–Kier alpha value is -3.48. The zero-order valence-electron chi connectivity index (χ0n) is 23.6. The van der Waals surface area contributed by atoms with Gasteiger partial charge in [0, 0.05) is 32.2 Å². The molecule has 3 aromatic rings. The van der Waals surface area contributed by atoms with Crippen molar-refractivity contribution in [2.45, 2.75) is 44.3 Å². The molecule has 0 saturated carbocycles. The van der Waals surface area contributed by atoms with Crippen molar-refractivity contribution >= 4 is 11.8 Å². The first-order valence-electron chi connectivity index (χ1n) is 14.6. The van der Waals surface area contributed by atoms with Gasteiger partial charge in [0.15, 0.2) is 0 Å². The van der Waals surface area contributed by atoms with Crippen LogP contribution >= 0.6 is 0 Å². The monoisotopic (exact) mass is 536 g/mol. The van der Waals surface area contributed by atoms with E-state index in [1.54, 1.807) is 4.90 Å². The van der Waals surface area contributed by atoms with E-state index in [0.29, 0.717) is 12.6 Å². The van der Waals surface area contributed by atoms with Gasteiger partial charge in [-0.05, 0) is 42.0 Å². The largest absolute Gasteiger partial charge is 0.368 e. The number of nitrogens with zero attached hydrogens (tertiary/aromatic N) is 3. The third kappa shape index (κ3) is 4.43. The van der Waals surface area contributed by atoms with E-state index in [-0.39, 0.29) is 11.8 Å². The van der Waals surface area contributed by atoms with Crippen LogP contribution in [-0.2, 0) is 15.1 Å². The van der Waals surface area contributed by atoms with Crippen molar-refractivity contribution in [3.05, 3.63) is 108 Å². The average molecular weight is 537 g/mol. The summed E-state index contributed by atoms with van der Waals surface area (Å²) in [5.41, 5.74) is 8.73. The van der Waals surface area contributed by atoms with Crippen LogP contribution in [0.3, 0.4) is 0 Å². The Bertz CT molecular complexity index is 1250. The van der Waals surface area contributed by atoms with Gasteiger partial charge in [-0.2, -0.15) is 0 Å². The van der Waals surface area contributed by atoms with Gasteiger partial charge >= 0.3 is 0 Å². The summed E-state index contributed by atoms with van der Waals surface area (Å²) in [6.45, 7) is 8.12. The first-order valence-corrected chi connectivity index (χ1v) is 14.6. The Morgan fingerprint density at radius 2 is 1.38 bits per heavy atom. The van der Waals surface area contributed by atoms with E-state index >= 15 is 0 Å². The SMILES string of the molecule is CC(C)C(C(N)=O)N1CC[C@]2(CCN(CC3C[N@]3C(c3ccccc3)(c3ccccc3)c3ccccc3)C2)C1=O. The average Bonchev–Trinajstić information content (AvgIpc) is 3.49. The minimum atomic E-state index is -0.525. The Morgan fingerprint density at radius 3 is 1.85 bits per heavy atom. The topological polar surface area (TPSA) is 69.7 Å². The van der Waals surface area contributed by atoms with Gasteiger partial charge < -0.3 is 15.5 Å². The molecule has 2 amide bonds. The molecule has 4 atom stereocenters. The maximum Gasteiger partial charge on any atom is 0.240 e. The van der Waals surface area contributed by atoms with Crippen LogP contribution in [0.4, 0.5) is 0 Å². The van der Waals surface area contributed by atoms with E-state index in [0.717, 1.165) is 39.0 Å². The second-order valence-electron chi connectivity index (χ2n) is 12.2. The zero-order chi connectivity index (χ0) is 27.9. The number of hydrogen-bond donors (Lipinski definition) is 1. The third-order valence-corrected chi connectivity index (χ3v) is 9.43. The molecule has 6 heteroatoms. The van der Waals surface area contributed by atoms with Crippen molar-refractivity contribution < 1.29 is 9.59 Å². The van der Waals surface area contributed by atoms with Crippen molar-refractivity contribution in [1.82, 2.24) is 14.7 Å². The molecule has 6 nitrogen and oxygen atoms in total. The minimum absolute atomic E-state index is 0.0104. The molecule has 1 spiro atoms. The fraction of sp³-hybridized carbons (Fsp3) is 0.412. The van der Waals surface area contributed by atoms with Crippen LogP contribution in [0.2, 0.25) is 0 Å². The highest BCUT2D eigenvalue weighted by molar-refractivity contribution is 5.91. The smallest absolute Gasteiger partial charge is 0.240 e. The van der Waals surface area contributed by atoms with Crippen molar-refractivity contribution in [1.29, 1.82) is 0 Å². The molecule has 3 aromatic carbocycles. The molecular formula is C34H40N4O2. The predicted molar refractivity (Wildman–Crippen MR) is 157 cm³/mol. The number of nitrogens with two attached hydrogens (primary N) is 1. The van der Waals surface area contributed by atoms with Crippen molar-refractivity contribution in [3.63, 3.8) is 0 Å². The predicted octanol–water partition coefficient (Wildman–Crippen LogP) is 4.10. The van der Waals surface area contributed by atoms with Gasteiger partial charge in [0.1, 0.15) is 6.04 Å². The summed E-state index contributed by atoms with van der Waals surface area (Å²) in [6, 6.07) is 32.4. The van der Waals surface area contributed by atoms with Crippen molar-refractivity contribution in [3.8, 4) is 0 Å². The first-order chi connectivity index (χ1) is 19.4. The lowest BCUT2D eigenvalue weighted by molar-refractivity contribution is -0.142. The number of rotatable bonds is 9. The number of benzene rings is 3. The molecular weight excluding hydrogens is 496 g/mol. The lowest BCUT2D eigenvalue weighted by Gasteiger charge is -2.38. The Morgan fingerprint density at radius 1 is 0.875 bits per heavy atom. The van der Waals surface area contributed by atoms with E-state index in [4.69, 9.17) is 5.73 Å². The standard InChI is InChI=1S/C34H40N4O2/c1-25(2)30(31(35)39)37-21-19-33(32(37)40)18-20-36(24-33)22-29-23-38(29)34(26-12-6-3-7-13-26,27-14-8-4-9-15-27)28-16-10-5-11-17-28/h3-17,25,29-30H,18-24H2,1-2H3,(H2,35,39)/t29?,30?,33-,38-/m0/s1. The fourth-order valence-electron chi connectivity index (χ4n) is 7.53. The molecule has 3 aliphatic heterocycles. The molecule has 2 unspecified atom stereocenters.